The fourth-order valence-electron chi connectivity index (χ4n) is 2.89. The molecule has 3 amide bonds. The summed E-state index contributed by atoms with van der Waals surface area (Å²) in [5.74, 6) is -1.79. The first-order valence-electron chi connectivity index (χ1n) is 9.14. The monoisotopic (exact) mass is 455 g/mol. The maximum atomic E-state index is 13.7. The molecule has 1 heterocycles. The Morgan fingerprint density at radius 1 is 1.10 bits per heavy atom. The Morgan fingerprint density at radius 3 is 2.48 bits per heavy atom. The smallest absolute Gasteiger partial charge is 0.332 e. The van der Waals surface area contributed by atoms with E-state index >= 15 is 0 Å². The summed E-state index contributed by atoms with van der Waals surface area (Å²) in [6.07, 6.45) is -4.97. The topological polar surface area (TPSA) is 78.5 Å². The number of benzene rings is 2. The molecule has 0 bridgehead atoms. The zero-order valence-corrected chi connectivity index (χ0v) is 16.8. The average Bonchev–Trinajstić information content (AvgIpc) is 3.12. The number of alkyl halides is 3. The zero-order valence-electron chi connectivity index (χ0n) is 16.0. The molecule has 2 N–H and O–H groups in total. The molecular formula is C20H17F4N3O3S. The molecule has 0 atom stereocenters. The molecule has 2 aromatic rings. The van der Waals surface area contributed by atoms with Crippen LogP contribution in [-0.4, -0.2) is 40.8 Å². The quantitative estimate of drug-likeness (QED) is 0.625. The van der Waals surface area contributed by atoms with Crippen LogP contribution in [0.3, 0.4) is 0 Å². The van der Waals surface area contributed by atoms with Crippen molar-refractivity contribution in [1.82, 2.24) is 4.90 Å². The molecule has 0 unspecified atom stereocenters. The van der Waals surface area contributed by atoms with E-state index in [1.807, 2.05) is 0 Å². The molecule has 3 rings (SSSR count). The number of nitrogens with zero attached hydrogens (tertiary/aromatic N) is 1. The lowest BCUT2D eigenvalue weighted by atomic mass is 10.1. The van der Waals surface area contributed by atoms with Crippen LogP contribution in [0.2, 0.25) is 0 Å². The molecule has 0 saturated carbocycles. The second-order valence-corrected chi connectivity index (χ2v) is 7.64. The lowest BCUT2D eigenvalue weighted by molar-refractivity contribution is -0.136. The van der Waals surface area contributed by atoms with Gasteiger partial charge in [-0.05, 0) is 30.3 Å². The number of amides is 3. The van der Waals surface area contributed by atoms with Crippen molar-refractivity contribution in [3.63, 3.8) is 0 Å². The number of hydrogen-bond acceptors (Lipinski definition) is 4. The van der Waals surface area contributed by atoms with E-state index in [0.717, 1.165) is 23.9 Å². The van der Waals surface area contributed by atoms with Crippen LogP contribution >= 0.6 is 11.8 Å². The number of halogens is 4. The van der Waals surface area contributed by atoms with E-state index in [-0.39, 0.29) is 29.5 Å². The van der Waals surface area contributed by atoms with E-state index in [4.69, 9.17) is 0 Å². The number of carbonyl (C=O) groups excluding carboxylic acids is 3. The van der Waals surface area contributed by atoms with Crippen molar-refractivity contribution in [2.75, 3.05) is 29.5 Å². The Kier molecular flexibility index (Phi) is 6.84. The van der Waals surface area contributed by atoms with Gasteiger partial charge in [-0.3, -0.25) is 14.4 Å². The van der Waals surface area contributed by atoms with E-state index in [1.165, 1.54) is 29.2 Å². The Bertz CT molecular complexity index is 1010. The summed E-state index contributed by atoms with van der Waals surface area (Å²) in [7, 11) is 0. The van der Waals surface area contributed by atoms with Crippen LogP contribution in [0.5, 0.6) is 0 Å². The summed E-state index contributed by atoms with van der Waals surface area (Å²) >= 11 is 1.12. The largest absolute Gasteiger partial charge is 0.418 e. The van der Waals surface area contributed by atoms with E-state index in [0.29, 0.717) is 18.4 Å². The predicted octanol–water partition coefficient (Wildman–Crippen LogP) is 4.59. The summed E-state index contributed by atoms with van der Waals surface area (Å²) < 4.78 is 54.2. The third kappa shape index (κ3) is 5.75. The van der Waals surface area contributed by atoms with Crippen molar-refractivity contribution in [2.45, 2.75) is 12.6 Å². The highest BCUT2D eigenvalue weighted by Gasteiger charge is 2.34. The highest BCUT2D eigenvalue weighted by molar-refractivity contribution is 8.13. The SMILES string of the molecule is O=C(CCN1CCSC1=O)Nc1ccc(NC(=O)c2ccccc2F)cc1C(F)(F)F. The van der Waals surface area contributed by atoms with Crippen molar-refractivity contribution in [3.05, 3.63) is 59.4 Å². The van der Waals surface area contributed by atoms with E-state index < -0.39 is 35.1 Å². The Balaban J connectivity index is 1.72. The number of nitrogens with one attached hydrogen (secondary N) is 2. The number of carbonyl (C=O) groups is 3. The fourth-order valence-corrected chi connectivity index (χ4v) is 3.74. The van der Waals surface area contributed by atoms with Crippen molar-refractivity contribution in [1.29, 1.82) is 0 Å². The van der Waals surface area contributed by atoms with Crippen LogP contribution in [0.25, 0.3) is 0 Å². The van der Waals surface area contributed by atoms with E-state index in [9.17, 15) is 31.9 Å². The van der Waals surface area contributed by atoms with Crippen molar-refractivity contribution >= 4 is 40.2 Å². The maximum absolute atomic E-state index is 13.7. The molecule has 0 aliphatic carbocycles. The molecule has 1 fully saturated rings. The fraction of sp³-hybridized carbons (Fsp3) is 0.250. The number of hydrogen-bond donors (Lipinski definition) is 2. The van der Waals surface area contributed by atoms with Gasteiger partial charge in [0.1, 0.15) is 5.82 Å². The van der Waals surface area contributed by atoms with Crippen LogP contribution in [0.1, 0.15) is 22.3 Å². The van der Waals surface area contributed by atoms with Gasteiger partial charge in [0.15, 0.2) is 0 Å². The van der Waals surface area contributed by atoms with Crippen molar-refractivity contribution in [3.8, 4) is 0 Å². The molecule has 2 aromatic carbocycles. The molecule has 31 heavy (non-hydrogen) atoms. The summed E-state index contributed by atoms with van der Waals surface area (Å²) in [4.78, 5) is 37.3. The first kappa shape index (κ1) is 22.6. The number of thioether (sulfide) groups is 1. The summed E-state index contributed by atoms with van der Waals surface area (Å²) in [5.41, 5.74) is -2.18. The molecule has 164 valence electrons. The Hall–Kier alpha value is -3.08. The first-order chi connectivity index (χ1) is 14.6. The zero-order chi connectivity index (χ0) is 22.6. The van der Waals surface area contributed by atoms with Gasteiger partial charge in [-0.2, -0.15) is 13.2 Å². The summed E-state index contributed by atoms with van der Waals surface area (Å²) in [5, 5.41) is 4.25. The third-order valence-electron chi connectivity index (χ3n) is 4.43. The van der Waals surface area contributed by atoms with Gasteiger partial charge in [-0.25, -0.2) is 4.39 Å². The minimum atomic E-state index is -4.82. The molecule has 1 aliphatic heterocycles. The minimum Gasteiger partial charge on any atom is -0.332 e. The Labute approximate surface area is 179 Å². The standard InChI is InChI=1S/C20H17F4N3O3S/c21-15-4-2-1-3-13(15)18(29)25-12-5-6-16(14(11-12)20(22,23)24)26-17(28)7-8-27-9-10-31-19(27)30/h1-6,11H,7-10H2,(H,25,29)(H,26,28). The van der Waals surface area contributed by atoms with Crippen LogP contribution in [0, 0.1) is 5.82 Å². The van der Waals surface area contributed by atoms with E-state index in [2.05, 4.69) is 10.6 Å². The lowest BCUT2D eigenvalue weighted by Crippen LogP contribution is -2.28. The van der Waals surface area contributed by atoms with Gasteiger partial charge in [-0.15, -0.1) is 0 Å². The molecule has 6 nitrogen and oxygen atoms in total. The second-order valence-electron chi connectivity index (χ2n) is 6.59. The highest BCUT2D eigenvalue weighted by Crippen LogP contribution is 2.37. The molecular weight excluding hydrogens is 438 g/mol. The average molecular weight is 455 g/mol. The molecule has 0 radical (unpaired) electrons. The molecule has 1 aliphatic rings. The molecule has 0 aromatic heterocycles. The van der Waals surface area contributed by atoms with E-state index in [1.54, 1.807) is 0 Å². The summed E-state index contributed by atoms with van der Waals surface area (Å²) in [6.45, 7) is 0.594. The number of anilines is 2. The second kappa shape index (κ2) is 9.38. The van der Waals surface area contributed by atoms with Crippen molar-refractivity contribution in [2.24, 2.45) is 0 Å². The van der Waals surface area contributed by atoms with Crippen LogP contribution in [-0.2, 0) is 11.0 Å². The van der Waals surface area contributed by atoms with Gasteiger partial charge >= 0.3 is 6.18 Å². The maximum Gasteiger partial charge on any atom is 0.418 e. The molecule has 11 heteroatoms. The lowest BCUT2D eigenvalue weighted by Gasteiger charge is -2.17. The molecule has 1 saturated heterocycles. The summed E-state index contributed by atoms with van der Waals surface area (Å²) in [6, 6.07) is 7.90. The van der Waals surface area contributed by atoms with Crippen molar-refractivity contribution < 1.29 is 31.9 Å². The molecule has 0 spiro atoms. The van der Waals surface area contributed by atoms with Gasteiger partial charge in [0.05, 0.1) is 16.8 Å². The van der Waals surface area contributed by atoms with Gasteiger partial charge in [-0.1, -0.05) is 23.9 Å². The van der Waals surface area contributed by atoms with Crippen LogP contribution in [0.4, 0.5) is 33.7 Å². The normalized spacial score (nSPS) is 13.9. The first-order valence-corrected chi connectivity index (χ1v) is 10.1. The number of rotatable bonds is 6. The highest BCUT2D eigenvalue weighted by atomic mass is 32.2. The van der Waals surface area contributed by atoms with Crippen LogP contribution in [0.15, 0.2) is 42.5 Å². The third-order valence-corrected chi connectivity index (χ3v) is 5.32. The minimum absolute atomic E-state index is 0.107. The van der Waals surface area contributed by atoms with Gasteiger partial charge in [0, 0.05) is 31.0 Å². The van der Waals surface area contributed by atoms with Gasteiger partial charge in [0.25, 0.3) is 11.1 Å². The predicted molar refractivity (Wildman–Crippen MR) is 108 cm³/mol. The van der Waals surface area contributed by atoms with Crippen LogP contribution < -0.4 is 10.6 Å². The van der Waals surface area contributed by atoms with Gasteiger partial charge < -0.3 is 15.5 Å². The Morgan fingerprint density at radius 2 is 1.84 bits per heavy atom. The van der Waals surface area contributed by atoms with Gasteiger partial charge in [0.2, 0.25) is 5.91 Å².